The molecule has 2 aromatic rings. The third-order valence-electron chi connectivity index (χ3n) is 2.93. The number of urea groups is 1. The van der Waals surface area contributed by atoms with Gasteiger partial charge in [-0.2, -0.15) is 5.10 Å². The number of hydrogen-bond donors (Lipinski definition) is 2. The molecule has 22 heavy (non-hydrogen) atoms. The first-order chi connectivity index (χ1) is 10.5. The van der Waals surface area contributed by atoms with Crippen molar-refractivity contribution >= 4 is 35.2 Å². The quantitative estimate of drug-likeness (QED) is 0.646. The summed E-state index contributed by atoms with van der Waals surface area (Å²) in [6, 6.07) is 6.81. The van der Waals surface area contributed by atoms with Gasteiger partial charge in [0.05, 0.1) is 6.21 Å². The van der Waals surface area contributed by atoms with Crippen LogP contribution in [0.15, 0.2) is 29.4 Å². The van der Waals surface area contributed by atoms with Crippen LogP contribution in [-0.2, 0) is 6.61 Å². The number of hydrogen-bond acceptors (Lipinski definition) is 4. The van der Waals surface area contributed by atoms with Crippen molar-refractivity contribution in [2.24, 2.45) is 10.8 Å². The van der Waals surface area contributed by atoms with Crippen LogP contribution >= 0.6 is 22.9 Å². The SMILES string of the molecule is Cc1cc(Cl)ccc1OCc1cc(C=NNC(N)=O)sc1C. The largest absolute Gasteiger partial charge is 0.489 e. The zero-order valence-electron chi connectivity index (χ0n) is 12.2. The molecule has 0 unspecified atom stereocenters. The number of ether oxygens (including phenoxy) is 1. The molecule has 7 heteroatoms. The van der Waals surface area contributed by atoms with Gasteiger partial charge in [-0.1, -0.05) is 11.6 Å². The number of rotatable bonds is 5. The van der Waals surface area contributed by atoms with Gasteiger partial charge in [0.1, 0.15) is 12.4 Å². The molecule has 116 valence electrons. The Labute approximate surface area is 137 Å². The summed E-state index contributed by atoms with van der Waals surface area (Å²) in [5.41, 5.74) is 9.17. The topological polar surface area (TPSA) is 76.7 Å². The van der Waals surface area contributed by atoms with Gasteiger partial charge in [-0.05, 0) is 43.7 Å². The lowest BCUT2D eigenvalue weighted by molar-refractivity contribution is 0.249. The molecule has 0 saturated heterocycles. The second-order valence-corrected chi connectivity index (χ2v) is 6.39. The Bertz CT molecular complexity index is 713. The van der Waals surface area contributed by atoms with Gasteiger partial charge < -0.3 is 10.5 Å². The molecule has 0 fully saturated rings. The average Bonchev–Trinajstić information content (AvgIpc) is 2.78. The standard InChI is InChI=1S/C15H16ClN3O2S/c1-9-5-12(16)3-4-14(9)21-8-11-6-13(22-10(11)2)7-18-19-15(17)20/h3-7H,8H2,1-2H3,(H3,17,19,20). The van der Waals surface area contributed by atoms with Gasteiger partial charge >= 0.3 is 6.03 Å². The fraction of sp³-hybridized carbons (Fsp3) is 0.200. The second-order valence-electron chi connectivity index (χ2n) is 4.66. The molecule has 0 aliphatic heterocycles. The van der Waals surface area contributed by atoms with Crippen molar-refractivity contribution in [1.82, 2.24) is 5.43 Å². The average molecular weight is 338 g/mol. The molecule has 0 aliphatic carbocycles. The highest BCUT2D eigenvalue weighted by Gasteiger charge is 2.07. The van der Waals surface area contributed by atoms with Crippen LogP contribution in [-0.4, -0.2) is 12.2 Å². The number of nitrogens with two attached hydrogens (primary N) is 1. The van der Waals surface area contributed by atoms with E-state index in [-0.39, 0.29) is 0 Å². The van der Waals surface area contributed by atoms with Crippen LogP contribution in [0.1, 0.15) is 20.9 Å². The van der Waals surface area contributed by atoms with Crippen molar-refractivity contribution in [1.29, 1.82) is 0 Å². The van der Waals surface area contributed by atoms with E-state index in [0.717, 1.165) is 26.6 Å². The number of benzene rings is 1. The van der Waals surface area contributed by atoms with Gasteiger partial charge in [0.25, 0.3) is 0 Å². The summed E-state index contributed by atoms with van der Waals surface area (Å²) in [5, 5.41) is 4.43. The summed E-state index contributed by atoms with van der Waals surface area (Å²) in [5.74, 6) is 0.806. The van der Waals surface area contributed by atoms with Crippen LogP contribution in [0.4, 0.5) is 4.79 Å². The van der Waals surface area contributed by atoms with E-state index in [1.807, 2.05) is 32.0 Å². The second kappa shape index (κ2) is 7.29. The lowest BCUT2D eigenvalue weighted by atomic mass is 10.2. The molecule has 1 aromatic carbocycles. The third-order valence-corrected chi connectivity index (χ3v) is 4.19. The number of thiophene rings is 1. The number of amides is 2. The van der Waals surface area contributed by atoms with Crippen LogP contribution in [0, 0.1) is 13.8 Å². The van der Waals surface area contributed by atoms with E-state index in [1.54, 1.807) is 23.6 Å². The van der Waals surface area contributed by atoms with Crippen LogP contribution in [0.5, 0.6) is 5.75 Å². The van der Waals surface area contributed by atoms with E-state index < -0.39 is 6.03 Å². The van der Waals surface area contributed by atoms with Crippen LogP contribution in [0.3, 0.4) is 0 Å². The van der Waals surface area contributed by atoms with Crippen LogP contribution in [0.2, 0.25) is 5.02 Å². The van der Waals surface area contributed by atoms with E-state index in [1.165, 1.54) is 0 Å². The molecule has 0 aliphatic rings. The maximum Gasteiger partial charge on any atom is 0.332 e. The molecular weight excluding hydrogens is 322 g/mol. The Balaban J connectivity index is 2.02. The third kappa shape index (κ3) is 4.47. The van der Waals surface area contributed by atoms with E-state index in [2.05, 4.69) is 10.5 Å². The molecule has 5 nitrogen and oxygen atoms in total. The first-order valence-corrected chi connectivity index (χ1v) is 7.72. The summed E-state index contributed by atoms with van der Waals surface area (Å²) in [6.07, 6.45) is 1.56. The number of nitrogens with zero attached hydrogens (tertiary/aromatic N) is 1. The minimum atomic E-state index is -0.689. The maximum atomic E-state index is 10.5. The number of halogens is 1. The van der Waals surface area contributed by atoms with E-state index >= 15 is 0 Å². The fourth-order valence-electron chi connectivity index (χ4n) is 1.84. The lowest BCUT2D eigenvalue weighted by Gasteiger charge is -2.09. The number of primary amides is 1. The lowest BCUT2D eigenvalue weighted by Crippen LogP contribution is -2.24. The Morgan fingerprint density at radius 1 is 1.45 bits per heavy atom. The molecule has 3 N–H and O–H groups in total. The summed E-state index contributed by atoms with van der Waals surface area (Å²) in [6.45, 7) is 4.42. The minimum absolute atomic E-state index is 0.460. The number of nitrogens with one attached hydrogen (secondary N) is 1. The molecule has 1 aromatic heterocycles. The van der Waals surface area contributed by atoms with Crippen molar-refractivity contribution in [2.45, 2.75) is 20.5 Å². The molecule has 0 spiro atoms. The fourth-order valence-corrected chi connectivity index (χ4v) is 2.98. The van der Waals surface area contributed by atoms with Crippen molar-refractivity contribution in [3.8, 4) is 5.75 Å². The smallest absolute Gasteiger partial charge is 0.332 e. The monoisotopic (exact) mass is 337 g/mol. The summed E-state index contributed by atoms with van der Waals surface area (Å²) in [7, 11) is 0. The van der Waals surface area contributed by atoms with Gasteiger partial charge in [0.15, 0.2) is 0 Å². The van der Waals surface area contributed by atoms with Gasteiger partial charge in [-0.3, -0.25) is 0 Å². The number of carbonyl (C=O) groups is 1. The first kappa shape index (κ1) is 16.3. The van der Waals surface area contributed by atoms with Crippen molar-refractivity contribution in [3.05, 3.63) is 50.2 Å². The van der Waals surface area contributed by atoms with Crippen LogP contribution < -0.4 is 15.9 Å². The number of carbonyl (C=O) groups excluding carboxylic acids is 1. The minimum Gasteiger partial charge on any atom is -0.489 e. The molecular formula is C15H16ClN3O2S. The maximum absolute atomic E-state index is 10.5. The van der Waals surface area contributed by atoms with E-state index in [0.29, 0.717) is 11.6 Å². The van der Waals surface area contributed by atoms with Gasteiger partial charge in [-0.15, -0.1) is 11.3 Å². The molecule has 0 atom stereocenters. The highest BCUT2D eigenvalue weighted by atomic mass is 35.5. The first-order valence-electron chi connectivity index (χ1n) is 6.52. The molecule has 1 heterocycles. The van der Waals surface area contributed by atoms with E-state index in [4.69, 9.17) is 22.1 Å². The van der Waals surface area contributed by atoms with Gasteiger partial charge in [-0.25, -0.2) is 10.2 Å². The van der Waals surface area contributed by atoms with Gasteiger partial charge in [0, 0.05) is 20.3 Å². The summed E-state index contributed by atoms with van der Waals surface area (Å²) >= 11 is 7.49. The molecule has 0 saturated carbocycles. The Kier molecular flexibility index (Phi) is 5.41. The van der Waals surface area contributed by atoms with Crippen molar-refractivity contribution in [2.75, 3.05) is 0 Å². The van der Waals surface area contributed by atoms with Crippen molar-refractivity contribution in [3.63, 3.8) is 0 Å². The predicted molar refractivity (Wildman–Crippen MR) is 89.9 cm³/mol. The highest BCUT2D eigenvalue weighted by Crippen LogP contribution is 2.25. The highest BCUT2D eigenvalue weighted by molar-refractivity contribution is 7.13. The molecule has 0 bridgehead atoms. The van der Waals surface area contributed by atoms with Gasteiger partial charge in [0.2, 0.25) is 0 Å². The Morgan fingerprint density at radius 2 is 2.23 bits per heavy atom. The molecule has 2 amide bonds. The number of hydrazone groups is 1. The zero-order valence-corrected chi connectivity index (χ0v) is 13.8. The number of aryl methyl sites for hydroxylation is 2. The summed E-state index contributed by atoms with van der Waals surface area (Å²) in [4.78, 5) is 12.6. The zero-order chi connectivity index (χ0) is 16.1. The molecule has 2 rings (SSSR count). The normalized spacial score (nSPS) is 10.9. The predicted octanol–water partition coefficient (Wildman–Crippen LogP) is 3.60. The molecule has 0 radical (unpaired) electrons. The Morgan fingerprint density at radius 3 is 2.91 bits per heavy atom. The van der Waals surface area contributed by atoms with Crippen LogP contribution in [0.25, 0.3) is 0 Å². The van der Waals surface area contributed by atoms with E-state index in [9.17, 15) is 4.79 Å². The van der Waals surface area contributed by atoms with Crippen molar-refractivity contribution < 1.29 is 9.53 Å². The summed E-state index contributed by atoms with van der Waals surface area (Å²) < 4.78 is 5.83. The Hall–Kier alpha value is -2.05.